The van der Waals surface area contributed by atoms with Crippen LogP contribution in [0, 0.1) is 0 Å². The fraction of sp³-hybridized carbons (Fsp3) is 0.529. The molecule has 0 radical (unpaired) electrons. The molecular formula is C17H25ClN2O3. The van der Waals surface area contributed by atoms with Crippen LogP contribution in [0.4, 0.5) is 5.69 Å². The van der Waals surface area contributed by atoms with E-state index < -0.39 is 12.0 Å². The summed E-state index contributed by atoms with van der Waals surface area (Å²) < 4.78 is 0. The van der Waals surface area contributed by atoms with Gasteiger partial charge in [0.05, 0.1) is 0 Å². The summed E-state index contributed by atoms with van der Waals surface area (Å²) in [5.74, 6) is -0.363. The van der Waals surface area contributed by atoms with Gasteiger partial charge in [0.25, 0.3) is 0 Å². The van der Waals surface area contributed by atoms with E-state index in [0.717, 1.165) is 37.7 Å². The number of alkyl halides is 1. The number of aliphatic carboxylic acids is 1. The van der Waals surface area contributed by atoms with Crippen molar-refractivity contribution in [3.63, 3.8) is 0 Å². The highest BCUT2D eigenvalue weighted by atomic mass is 35.5. The van der Waals surface area contributed by atoms with E-state index in [9.17, 15) is 9.59 Å². The molecule has 1 aromatic rings. The molecule has 4 N–H and O–H groups in total. The van der Waals surface area contributed by atoms with E-state index in [1.165, 1.54) is 0 Å². The number of nitrogens with two attached hydrogens (primary N) is 1. The van der Waals surface area contributed by atoms with Crippen molar-refractivity contribution < 1.29 is 14.7 Å². The van der Waals surface area contributed by atoms with Gasteiger partial charge in [0.1, 0.15) is 6.04 Å². The molecule has 1 atom stereocenters. The number of halogens is 1. The highest BCUT2D eigenvalue weighted by Crippen LogP contribution is 2.13. The second-order valence-electron chi connectivity index (χ2n) is 5.60. The van der Waals surface area contributed by atoms with E-state index in [-0.39, 0.29) is 12.3 Å². The van der Waals surface area contributed by atoms with Gasteiger partial charge < -0.3 is 16.2 Å². The molecule has 5 nitrogen and oxygen atoms in total. The summed E-state index contributed by atoms with van der Waals surface area (Å²) in [4.78, 5) is 22.7. The van der Waals surface area contributed by atoms with Crippen molar-refractivity contribution in [3.8, 4) is 0 Å². The fourth-order valence-corrected chi connectivity index (χ4v) is 2.44. The van der Waals surface area contributed by atoms with Crippen LogP contribution in [-0.2, 0) is 16.0 Å². The third-order valence-electron chi connectivity index (χ3n) is 3.52. The third kappa shape index (κ3) is 8.57. The lowest BCUT2D eigenvalue weighted by Crippen LogP contribution is -2.32. The molecule has 23 heavy (non-hydrogen) atoms. The highest BCUT2D eigenvalue weighted by molar-refractivity contribution is 6.17. The zero-order chi connectivity index (χ0) is 17.1. The average Bonchev–Trinajstić information content (AvgIpc) is 2.51. The summed E-state index contributed by atoms with van der Waals surface area (Å²) in [6, 6.07) is 6.20. The summed E-state index contributed by atoms with van der Waals surface area (Å²) in [6.45, 7) is 0. The van der Waals surface area contributed by atoms with Crippen molar-refractivity contribution in [2.45, 2.75) is 51.0 Å². The highest BCUT2D eigenvalue weighted by Gasteiger charge is 2.12. The molecule has 0 aliphatic rings. The van der Waals surface area contributed by atoms with Crippen LogP contribution < -0.4 is 11.1 Å². The second kappa shape index (κ2) is 11.0. The fourth-order valence-electron chi connectivity index (χ4n) is 2.25. The number of carboxylic acids is 1. The number of benzene rings is 1. The van der Waals surface area contributed by atoms with E-state index in [1.807, 2.05) is 0 Å². The van der Waals surface area contributed by atoms with Gasteiger partial charge in [0, 0.05) is 18.0 Å². The van der Waals surface area contributed by atoms with Crippen molar-refractivity contribution in [3.05, 3.63) is 29.8 Å². The summed E-state index contributed by atoms with van der Waals surface area (Å²) in [6.07, 6.45) is 5.84. The molecule has 0 saturated carbocycles. The van der Waals surface area contributed by atoms with Crippen LogP contribution in [0.3, 0.4) is 0 Å². The number of hydrogen-bond acceptors (Lipinski definition) is 3. The number of amides is 1. The number of carbonyl (C=O) groups is 2. The number of anilines is 1. The molecule has 1 aromatic carbocycles. The molecule has 1 rings (SSSR count). The van der Waals surface area contributed by atoms with Crippen molar-refractivity contribution in [2.24, 2.45) is 5.73 Å². The SMILES string of the molecule is NC(Cc1cccc(NC(=O)CCCCCCCCl)c1)C(=O)O. The van der Waals surface area contributed by atoms with E-state index >= 15 is 0 Å². The minimum absolute atomic E-state index is 0.0259. The third-order valence-corrected chi connectivity index (χ3v) is 3.79. The van der Waals surface area contributed by atoms with Gasteiger partial charge in [0.2, 0.25) is 5.91 Å². The maximum atomic E-state index is 11.9. The van der Waals surface area contributed by atoms with E-state index in [2.05, 4.69) is 5.32 Å². The van der Waals surface area contributed by atoms with E-state index in [0.29, 0.717) is 18.0 Å². The molecule has 1 unspecified atom stereocenters. The summed E-state index contributed by atoms with van der Waals surface area (Å²) in [7, 11) is 0. The van der Waals surface area contributed by atoms with Crippen LogP contribution in [0.25, 0.3) is 0 Å². The monoisotopic (exact) mass is 340 g/mol. The summed E-state index contributed by atoms with van der Waals surface area (Å²) in [5.41, 5.74) is 6.98. The van der Waals surface area contributed by atoms with Gasteiger partial charge in [0.15, 0.2) is 0 Å². The lowest BCUT2D eigenvalue weighted by atomic mass is 10.1. The van der Waals surface area contributed by atoms with Crippen molar-refractivity contribution >= 4 is 29.2 Å². The first-order valence-corrected chi connectivity index (χ1v) is 8.49. The molecule has 0 aliphatic heterocycles. The Morgan fingerprint density at radius 1 is 1.17 bits per heavy atom. The molecular weight excluding hydrogens is 316 g/mol. The lowest BCUT2D eigenvalue weighted by Gasteiger charge is -2.09. The van der Waals surface area contributed by atoms with E-state index in [1.54, 1.807) is 24.3 Å². The number of carbonyl (C=O) groups excluding carboxylic acids is 1. The van der Waals surface area contributed by atoms with Gasteiger partial charge in [-0.2, -0.15) is 0 Å². The number of unbranched alkanes of at least 4 members (excludes halogenated alkanes) is 4. The number of nitrogens with one attached hydrogen (secondary N) is 1. The van der Waals surface area contributed by atoms with Gasteiger partial charge in [-0.25, -0.2) is 0 Å². The number of rotatable bonds is 11. The Labute approximate surface area is 142 Å². The minimum Gasteiger partial charge on any atom is -0.480 e. The van der Waals surface area contributed by atoms with Crippen LogP contribution in [0.2, 0.25) is 0 Å². The molecule has 0 aromatic heterocycles. The van der Waals surface area contributed by atoms with E-state index in [4.69, 9.17) is 22.4 Å². The normalized spacial score (nSPS) is 11.9. The van der Waals surface area contributed by atoms with Crippen molar-refractivity contribution in [1.29, 1.82) is 0 Å². The molecule has 1 amide bonds. The largest absolute Gasteiger partial charge is 0.480 e. The first-order valence-electron chi connectivity index (χ1n) is 7.96. The molecule has 0 fully saturated rings. The van der Waals surface area contributed by atoms with Gasteiger partial charge in [-0.3, -0.25) is 9.59 Å². The Bertz CT molecular complexity index is 508. The smallest absolute Gasteiger partial charge is 0.320 e. The predicted octanol–water partition coefficient (Wildman–Crippen LogP) is 3.16. The Balaban J connectivity index is 2.35. The first-order chi connectivity index (χ1) is 11.0. The Kier molecular flexibility index (Phi) is 9.33. The predicted molar refractivity (Wildman–Crippen MR) is 92.8 cm³/mol. The quantitative estimate of drug-likeness (QED) is 0.426. The Morgan fingerprint density at radius 3 is 2.57 bits per heavy atom. The van der Waals surface area contributed by atoms with Gasteiger partial charge in [-0.1, -0.05) is 31.4 Å². The number of carboxylic acid groups (broad SMARTS) is 1. The first kappa shape index (κ1) is 19.5. The maximum absolute atomic E-state index is 11.9. The molecule has 6 heteroatoms. The minimum atomic E-state index is -1.03. The zero-order valence-electron chi connectivity index (χ0n) is 13.3. The molecule has 0 saturated heterocycles. The van der Waals surface area contributed by atoms with Crippen LogP contribution in [0.1, 0.15) is 44.1 Å². The van der Waals surface area contributed by atoms with Crippen molar-refractivity contribution in [1.82, 2.24) is 0 Å². The summed E-state index contributed by atoms with van der Waals surface area (Å²) in [5, 5.41) is 11.7. The second-order valence-corrected chi connectivity index (χ2v) is 5.98. The van der Waals surface area contributed by atoms with Crippen LogP contribution >= 0.6 is 11.6 Å². The van der Waals surface area contributed by atoms with Crippen LogP contribution in [0.5, 0.6) is 0 Å². The summed E-state index contributed by atoms with van der Waals surface area (Å²) >= 11 is 5.61. The molecule has 0 aliphatic carbocycles. The topological polar surface area (TPSA) is 92.4 Å². The van der Waals surface area contributed by atoms with Gasteiger partial charge in [-0.05, 0) is 37.0 Å². The molecule has 128 valence electrons. The standard InChI is InChI=1S/C17H25ClN2O3/c18-10-5-3-1-2-4-9-16(21)20-14-8-6-7-13(11-14)12-15(19)17(22)23/h6-8,11,15H,1-5,9-10,12,19H2,(H,20,21)(H,22,23). The van der Waals surface area contributed by atoms with Gasteiger partial charge >= 0.3 is 5.97 Å². The van der Waals surface area contributed by atoms with Crippen molar-refractivity contribution in [2.75, 3.05) is 11.2 Å². The van der Waals surface area contributed by atoms with Gasteiger partial charge in [-0.15, -0.1) is 11.6 Å². The number of hydrogen-bond donors (Lipinski definition) is 3. The molecule has 0 bridgehead atoms. The average molecular weight is 341 g/mol. The Hall–Kier alpha value is -1.59. The zero-order valence-corrected chi connectivity index (χ0v) is 14.0. The van der Waals surface area contributed by atoms with Crippen LogP contribution in [-0.4, -0.2) is 28.9 Å². The van der Waals surface area contributed by atoms with Crippen LogP contribution in [0.15, 0.2) is 24.3 Å². The lowest BCUT2D eigenvalue weighted by molar-refractivity contribution is -0.138. The maximum Gasteiger partial charge on any atom is 0.320 e. The Morgan fingerprint density at radius 2 is 1.87 bits per heavy atom. The molecule has 0 spiro atoms. The molecule has 0 heterocycles.